The van der Waals surface area contributed by atoms with Crippen LogP contribution in [0.2, 0.25) is 0 Å². The van der Waals surface area contributed by atoms with Gasteiger partial charge in [-0.3, -0.25) is 4.90 Å². The zero-order valence-corrected chi connectivity index (χ0v) is 14.2. The van der Waals surface area contributed by atoms with Crippen LogP contribution in [0.25, 0.3) is 0 Å². The van der Waals surface area contributed by atoms with Crippen molar-refractivity contribution in [3.63, 3.8) is 0 Å². The Labute approximate surface area is 131 Å². The van der Waals surface area contributed by atoms with Crippen molar-refractivity contribution < 1.29 is 0 Å². The van der Waals surface area contributed by atoms with Crippen molar-refractivity contribution in [2.75, 3.05) is 39.3 Å². The fourth-order valence-corrected chi connectivity index (χ4v) is 5.02. The lowest BCUT2D eigenvalue weighted by molar-refractivity contribution is 0.0699. The largest absolute Gasteiger partial charge is 0.314 e. The van der Waals surface area contributed by atoms with E-state index in [1.54, 1.807) is 0 Å². The molecule has 0 spiro atoms. The first-order valence-electron chi connectivity index (χ1n) is 9.50. The zero-order chi connectivity index (χ0) is 14.7. The monoisotopic (exact) mass is 293 g/mol. The highest BCUT2D eigenvalue weighted by molar-refractivity contribution is 4.91. The minimum absolute atomic E-state index is 0.777. The molecule has 0 aromatic carbocycles. The molecular weight excluding hydrogens is 258 g/mol. The van der Waals surface area contributed by atoms with Gasteiger partial charge >= 0.3 is 0 Å². The van der Waals surface area contributed by atoms with Crippen molar-refractivity contribution in [3.05, 3.63) is 0 Å². The Morgan fingerprint density at radius 1 is 1.05 bits per heavy atom. The highest BCUT2D eigenvalue weighted by Gasteiger charge is 2.34. The molecule has 3 rings (SSSR count). The zero-order valence-electron chi connectivity index (χ0n) is 14.2. The van der Waals surface area contributed by atoms with Crippen LogP contribution in [0, 0.1) is 11.8 Å². The summed E-state index contributed by atoms with van der Waals surface area (Å²) >= 11 is 0. The van der Waals surface area contributed by atoms with Gasteiger partial charge in [0.25, 0.3) is 0 Å². The summed E-state index contributed by atoms with van der Waals surface area (Å²) < 4.78 is 0. The van der Waals surface area contributed by atoms with Crippen LogP contribution in [0.1, 0.15) is 52.4 Å². The van der Waals surface area contributed by atoms with Crippen LogP contribution in [0.4, 0.5) is 0 Å². The first-order valence-corrected chi connectivity index (χ1v) is 9.50. The molecule has 21 heavy (non-hydrogen) atoms. The SMILES string of the molecule is CCNC1CCC(CC)CC1CN1CCN2CCCC2C1. The summed E-state index contributed by atoms with van der Waals surface area (Å²) in [6.07, 6.45) is 8.56. The van der Waals surface area contributed by atoms with Gasteiger partial charge in [-0.15, -0.1) is 0 Å². The van der Waals surface area contributed by atoms with Crippen LogP contribution in [-0.4, -0.2) is 61.2 Å². The van der Waals surface area contributed by atoms with Gasteiger partial charge in [0, 0.05) is 38.3 Å². The molecule has 2 aliphatic heterocycles. The van der Waals surface area contributed by atoms with Gasteiger partial charge < -0.3 is 10.2 Å². The summed E-state index contributed by atoms with van der Waals surface area (Å²) in [6, 6.07) is 1.65. The third kappa shape index (κ3) is 3.80. The molecule has 122 valence electrons. The lowest BCUT2D eigenvalue weighted by Gasteiger charge is -2.43. The maximum Gasteiger partial charge on any atom is 0.0224 e. The average Bonchev–Trinajstić information content (AvgIpc) is 2.97. The number of hydrogen-bond donors (Lipinski definition) is 1. The third-order valence-corrected chi connectivity index (χ3v) is 6.30. The van der Waals surface area contributed by atoms with E-state index in [2.05, 4.69) is 29.0 Å². The number of hydrogen-bond acceptors (Lipinski definition) is 3. The molecule has 3 heteroatoms. The van der Waals surface area contributed by atoms with Crippen LogP contribution in [-0.2, 0) is 0 Å². The molecule has 2 saturated heterocycles. The molecule has 0 aromatic heterocycles. The maximum absolute atomic E-state index is 3.78. The number of piperazine rings is 1. The number of fused-ring (bicyclic) bond motifs is 1. The van der Waals surface area contributed by atoms with Gasteiger partial charge in [-0.2, -0.15) is 0 Å². The minimum Gasteiger partial charge on any atom is -0.314 e. The fraction of sp³-hybridized carbons (Fsp3) is 1.00. The first-order chi connectivity index (χ1) is 10.3. The molecule has 2 heterocycles. The van der Waals surface area contributed by atoms with Gasteiger partial charge in [-0.25, -0.2) is 0 Å². The summed E-state index contributed by atoms with van der Waals surface area (Å²) in [7, 11) is 0. The summed E-state index contributed by atoms with van der Waals surface area (Å²) in [5, 5.41) is 3.78. The van der Waals surface area contributed by atoms with Gasteiger partial charge in [0.05, 0.1) is 0 Å². The van der Waals surface area contributed by atoms with E-state index in [1.807, 2.05) is 0 Å². The molecule has 3 nitrogen and oxygen atoms in total. The third-order valence-electron chi connectivity index (χ3n) is 6.30. The highest BCUT2D eigenvalue weighted by Crippen LogP contribution is 2.33. The molecule has 1 aliphatic carbocycles. The molecule has 3 fully saturated rings. The van der Waals surface area contributed by atoms with Crippen molar-refractivity contribution in [2.45, 2.75) is 64.5 Å². The van der Waals surface area contributed by atoms with E-state index in [-0.39, 0.29) is 0 Å². The van der Waals surface area contributed by atoms with E-state index in [1.165, 1.54) is 71.2 Å². The van der Waals surface area contributed by atoms with E-state index >= 15 is 0 Å². The van der Waals surface area contributed by atoms with Gasteiger partial charge in [-0.05, 0) is 57.0 Å². The molecule has 0 radical (unpaired) electrons. The van der Waals surface area contributed by atoms with Crippen LogP contribution in [0.5, 0.6) is 0 Å². The number of rotatable bonds is 5. The molecule has 1 N–H and O–H groups in total. The van der Waals surface area contributed by atoms with Gasteiger partial charge in [0.15, 0.2) is 0 Å². The maximum atomic E-state index is 3.78. The van der Waals surface area contributed by atoms with Crippen LogP contribution in [0.15, 0.2) is 0 Å². The van der Waals surface area contributed by atoms with Gasteiger partial charge in [-0.1, -0.05) is 20.3 Å². The average molecular weight is 293 g/mol. The lowest BCUT2D eigenvalue weighted by atomic mass is 9.76. The predicted octanol–water partition coefficient (Wildman–Crippen LogP) is 2.57. The Kier molecular flexibility index (Phi) is 5.58. The van der Waals surface area contributed by atoms with E-state index in [0.717, 1.165) is 30.5 Å². The molecule has 1 saturated carbocycles. The second-order valence-corrected chi connectivity index (χ2v) is 7.60. The Morgan fingerprint density at radius 2 is 1.95 bits per heavy atom. The minimum atomic E-state index is 0.777. The predicted molar refractivity (Wildman–Crippen MR) is 89.6 cm³/mol. The Morgan fingerprint density at radius 3 is 2.76 bits per heavy atom. The summed E-state index contributed by atoms with van der Waals surface area (Å²) in [5.41, 5.74) is 0. The summed E-state index contributed by atoms with van der Waals surface area (Å²) in [5.74, 6) is 1.87. The van der Waals surface area contributed by atoms with Crippen LogP contribution in [0.3, 0.4) is 0 Å². The van der Waals surface area contributed by atoms with Gasteiger partial charge in [0.2, 0.25) is 0 Å². The van der Waals surface area contributed by atoms with E-state index < -0.39 is 0 Å². The quantitative estimate of drug-likeness (QED) is 0.840. The fourth-order valence-electron chi connectivity index (χ4n) is 5.02. The molecule has 4 atom stereocenters. The van der Waals surface area contributed by atoms with Crippen LogP contribution < -0.4 is 5.32 Å². The Hall–Kier alpha value is -0.120. The van der Waals surface area contributed by atoms with Crippen molar-refractivity contribution in [1.29, 1.82) is 0 Å². The normalized spacial score (nSPS) is 38.6. The van der Waals surface area contributed by atoms with Crippen molar-refractivity contribution in [2.24, 2.45) is 11.8 Å². The Balaban J connectivity index is 1.55. The summed E-state index contributed by atoms with van der Waals surface area (Å²) in [4.78, 5) is 5.52. The van der Waals surface area contributed by atoms with Gasteiger partial charge in [0.1, 0.15) is 0 Å². The smallest absolute Gasteiger partial charge is 0.0224 e. The standard InChI is InChI=1S/C18H35N3/c1-3-15-7-8-18(19-4-2)16(12-15)13-20-10-11-21-9-5-6-17(21)14-20/h15-19H,3-14H2,1-2H3. The van der Waals surface area contributed by atoms with Crippen molar-refractivity contribution >= 4 is 0 Å². The second-order valence-electron chi connectivity index (χ2n) is 7.60. The number of nitrogens with one attached hydrogen (secondary N) is 1. The van der Waals surface area contributed by atoms with Crippen LogP contribution >= 0.6 is 0 Å². The molecule has 0 amide bonds. The van der Waals surface area contributed by atoms with E-state index in [0.29, 0.717) is 0 Å². The van der Waals surface area contributed by atoms with Crippen molar-refractivity contribution in [3.8, 4) is 0 Å². The summed E-state index contributed by atoms with van der Waals surface area (Å²) in [6.45, 7) is 12.5. The number of nitrogens with zero attached hydrogens (tertiary/aromatic N) is 2. The topological polar surface area (TPSA) is 18.5 Å². The lowest BCUT2D eigenvalue weighted by Crippen LogP contribution is -2.53. The second kappa shape index (κ2) is 7.43. The highest BCUT2D eigenvalue weighted by atomic mass is 15.3. The van der Waals surface area contributed by atoms with E-state index in [4.69, 9.17) is 0 Å². The molecular formula is C18H35N3. The molecule has 4 unspecified atom stereocenters. The van der Waals surface area contributed by atoms with Crippen molar-refractivity contribution in [1.82, 2.24) is 15.1 Å². The Bertz CT molecular complexity index is 320. The first kappa shape index (κ1) is 15.8. The van der Waals surface area contributed by atoms with E-state index in [9.17, 15) is 0 Å². The molecule has 0 aromatic rings. The molecule has 3 aliphatic rings. The molecule has 0 bridgehead atoms.